The van der Waals surface area contributed by atoms with E-state index in [2.05, 4.69) is 15.9 Å². The number of pyridine rings is 2. The summed E-state index contributed by atoms with van der Waals surface area (Å²) in [6.45, 7) is 1.16. The molecule has 156 valence electrons. The Morgan fingerprint density at radius 1 is 1.37 bits per heavy atom. The number of nitriles is 1. The molecule has 0 aromatic carbocycles. The second kappa shape index (κ2) is 7.85. The summed E-state index contributed by atoms with van der Waals surface area (Å²) in [6, 6.07) is 3.33. The molecule has 10 heteroatoms. The Bertz CT molecular complexity index is 1150. The minimum absolute atomic E-state index is 0.0125. The molecule has 30 heavy (non-hydrogen) atoms. The summed E-state index contributed by atoms with van der Waals surface area (Å²) >= 11 is 0. The minimum atomic E-state index is -0.968. The van der Waals surface area contributed by atoms with E-state index in [1.807, 2.05) is 0 Å². The van der Waals surface area contributed by atoms with Crippen molar-refractivity contribution in [2.45, 2.75) is 31.7 Å². The molecule has 0 atom stereocenters. The Labute approximate surface area is 171 Å². The average Bonchev–Trinajstić information content (AvgIpc) is 3.60. The van der Waals surface area contributed by atoms with E-state index in [0.29, 0.717) is 37.2 Å². The highest BCUT2D eigenvalue weighted by atomic mass is 19.1. The summed E-state index contributed by atoms with van der Waals surface area (Å²) in [4.78, 5) is 35.1. The molecule has 2 aromatic heterocycles. The maximum atomic E-state index is 15.0. The number of hydrogen-bond acceptors (Lipinski definition) is 8. The van der Waals surface area contributed by atoms with Gasteiger partial charge in [0.25, 0.3) is 0 Å². The highest BCUT2D eigenvalue weighted by Gasteiger charge is 2.29. The number of nitrogens with two attached hydrogens (primary N) is 2. The number of nitrogens with zero attached hydrogens (tertiary/aromatic N) is 4. The molecule has 0 unspecified atom stereocenters. The van der Waals surface area contributed by atoms with Crippen molar-refractivity contribution < 1.29 is 14.0 Å². The summed E-state index contributed by atoms with van der Waals surface area (Å²) in [7, 11) is 0. The summed E-state index contributed by atoms with van der Waals surface area (Å²) in [6.07, 6.45) is 4.32. The van der Waals surface area contributed by atoms with E-state index in [0.717, 1.165) is 24.5 Å². The smallest absolute Gasteiger partial charge is 0.362 e. The third-order valence-electron chi connectivity index (χ3n) is 5.64. The second-order valence-electron chi connectivity index (χ2n) is 7.47. The fraction of sp³-hybridized carbons (Fsp3) is 0.400. The van der Waals surface area contributed by atoms with Gasteiger partial charge in [-0.2, -0.15) is 11.2 Å². The van der Waals surface area contributed by atoms with Crippen molar-refractivity contribution in [1.82, 2.24) is 9.55 Å². The van der Waals surface area contributed by atoms with Crippen molar-refractivity contribution in [3.05, 3.63) is 45.0 Å². The Kier molecular flexibility index (Phi) is 5.24. The van der Waals surface area contributed by atoms with E-state index in [-0.39, 0.29) is 29.4 Å². The zero-order valence-electron chi connectivity index (χ0n) is 16.2. The highest BCUT2D eigenvalue weighted by Crippen LogP contribution is 2.37. The highest BCUT2D eigenvalue weighted by molar-refractivity contribution is 5.93. The maximum Gasteiger partial charge on any atom is 0.362 e. The third kappa shape index (κ3) is 3.42. The van der Waals surface area contributed by atoms with Gasteiger partial charge in [-0.3, -0.25) is 4.79 Å². The van der Waals surface area contributed by atoms with Crippen LogP contribution in [0.5, 0.6) is 0 Å². The number of aromatic nitrogens is 2. The molecule has 0 bridgehead atoms. The van der Waals surface area contributed by atoms with Crippen LogP contribution < -0.4 is 22.0 Å². The molecule has 2 aliphatic rings. The molecule has 3 heterocycles. The van der Waals surface area contributed by atoms with Gasteiger partial charge >= 0.3 is 5.97 Å². The van der Waals surface area contributed by atoms with E-state index in [1.54, 1.807) is 9.47 Å². The first kappa shape index (κ1) is 20.0. The third-order valence-corrected chi connectivity index (χ3v) is 5.64. The summed E-state index contributed by atoms with van der Waals surface area (Å²) < 4.78 is 16.7. The largest absolute Gasteiger partial charge is 0.369 e. The predicted octanol–water partition coefficient (Wildman–Crippen LogP) is 1.28. The lowest BCUT2D eigenvalue weighted by Gasteiger charge is -2.30. The van der Waals surface area contributed by atoms with Crippen LogP contribution in [0.25, 0.3) is 11.0 Å². The number of carbonyl (C=O) groups is 1. The lowest BCUT2D eigenvalue weighted by molar-refractivity contribution is 0.0501. The Morgan fingerprint density at radius 2 is 2.07 bits per heavy atom. The zero-order chi connectivity index (χ0) is 21.4. The molecule has 4 N–H and O–H groups in total. The van der Waals surface area contributed by atoms with E-state index >= 15 is 0 Å². The SMILES string of the molecule is N#CC(CN)=C1CCN(c2nc3c(cc2F)c(=O)c(C(=O)ON)cn3C2CC2)CC1. The van der Waals surface area contributed by atoms with Crippen molar-refractivity contribution >= 4 is 22.8 Å². The first-order valence-corrected chi connectivity index (χ1v) is 9.71. The normalized spacial score (nSPS) is 16.5. The molecule has 1 aliphatic carbocycles. The Hall–Kier alpha value is -3.29. The van der Waals surface area contributed by atoms with Crippen LogP contribution in [0, 0.1) is 17.1 Å². The number of anilines is 1. The minimum Gasteiger partial charge on any atom is -0.369 e. The molecular weight excluding hydrogens is 391 g/mol. The van der Waals surface area contributed by atoms with E-state index in [4.69, 9.17) is 11.6 Å². The van der Waals surface area contributed by atoms with Gasteiger partial charge in [0.15, 0.2) is 11.6 Å². The first-order chi connectivity index (χ1) is 14.5. The van der Waals surface area contributed by atoms with Gasteiger partial charge in [-0.1, -0.05) is 5.57 Å². The van der Waals surface area contributed by atoms with E-state index in [9.17, 15) is 19.2 Å². The fourth-order valence-electron chi connectivity index (χ4n) is 3.86. The predicted molar refractivity (Wildman–Crippen MR) is 107 cm³/mol. The van der Waals surface area contributed by atoms with Crippen LogP contribution in [0.15, 0.2) is 28.2 Å². The van der Waals surface area contributed by atoms with Crippen molar-refractivity contribution in [3.63, 3.8) is 0 Å². The molecule has 1 saturated carbocycles. The lowest BCUT2D eigenvalue weighted by atomic mass is 9.98. The molecule has 2 fully saturated rings. The zero-order valence-corrected chi connectivity index (χ0v) is 16.2. The molecule has 1 saturated heterocycles. The molecule has 2 aromatic rings. The van der Waals surface area contributed by atoms with Crippen LogP contribution in [0.4, 0.5) is 10.2 Å². The van der Waals surface area contributed by atoms with E-state index < -0.39 is 17.2 Å². The molecular formula is C20H21FN6O3. The van der Waals surface area contributed by atoms with Gasteiger partial charge < -0.3 is 20.0 Å². The van der Waals surface area contributed by atoms with Gasteiger partial charge in [-0.05, 0) is 31.7 Å². The van der Waals surface area contributed by atoms with Gasteiger partial charge in [0, 0.05) is 37.4 Å². The number of fused-ring (bicyclic) bond motifs is 1. The monoisotopic (exact) mass is 412 g/mol. The van der Waals surface area contributed by atoms with E-state index in [1.165, 1.54) is 6.20 Å². The topological polar surface area (TPSA) is 140 Å². The second-order valence-corrected chi connectivity index (χ2v) is 7.47. The van der Waals surface area contributed by atoms with Crippen LogP contribution >= 0.6 is 0 Å². The summed E-state index contributed by atoms with van der Waals surface area (Å²) in [5.41, 5.74) is 6.59. The van der Waals surface area contributed by atoms with Crippen molar-refractivity contribution in [3.8, 4) is 6.07 Å². The maximum absolute atomic E-state index is 15.0. The molecule has 9 nitrogen and oxygen atoms in total. The number of halogens is 1. The van der Waals surface area contributed by atoms with Gasteiger partial charge in [0.2, 0.25) is 5.43 Å². The number of rotatable bonds is 4. The lowest BCUT2D eigenvalue weighted by Crippen LogP contribution is -2.33. The molecule has 1 aliphatic heterocycles. The quantitative estimate of drug-likeness (QED) is 0.565. The van der Waals surface area contributed by atoms with Crippen LogP contribution in [0.3, 0.4) is 0 Å². The fourth-order valence-corrected chi connectivity index (χ4v) is 3.86. The average molecular weight is 412 g/mol. The molecule has 0 radical (unpaired) electrons. The van der Waals surface area contributed by atoms with Gasteiger partial charge in [0.05, 0.1) is 11.5 Å². The van der Waals surface area contributed by atoms with Crippen LogP contribution in [0.1, 0.15) is 42.1 Å². The van der Waals surface area contributed by atoms with Crippen molar-refractivity contribution in [2.24, 2.45) is 11.6 Å². The Morgan fingerprint density at radius 3 is 2.63 bits per heavy atom. The molecule has 0 spiro atoms. The summed E-state index contributed by atoms with van der Waals surface area (Å²) in [5.74, 6) is 3.47. The number of hydrogen-bond donors (Lipinski definition) is 2. The standard InChI is InChI=1S/C20H21FN6O3/c21-16-7-14-17(28)15(20(29)30-24)10-27(13-1-2-13)18(14)25-19(16)26-5-3-11(4-6-26)12(8-22)9-23/h7,10,13H,1-6,8,22,24H2. The van der Waals surface area contributed by atoms with Crippen LogP contribution in [0.2, 0.25) is 0 Å². The van der Waals surface area contributed by atoms with Crippen LogP contribution in [-0.2, 0) is 4.84 Å². The van der Waals surface area contributed by atoms with Crippen molar-refractivity contribution in [2.75, 3.05) is 24.5 Å². The summed E-state index contributed by atoms with van der Waals surface area (Å²) in [5, 5.41) is 9.18. The first-order valence-electron chi connectivity index (χ1n) is 9.71. The van der Waals surface area contributed by atoms with Gasteiger partial charge in [0.1, 0.15) is 11.2 Å². The number of piperidine rings is 1. The number of carbonyl (C=O) groups excluding carboxylic acids is 1. The molecule has 0 amide bonds. The van der Waals surface area contributed by atoms with Crippen molar-refractivity contribution in [1.29, 1.82) is 5.26 Å². The Balaban J connectivity index is 1.77. The van der Waals surface area contributed by atoms with Gasteiger partial charge in [-0.25, -0.2) is 14.2 Å². The van der Waals surface area contributed by atoms with Gasteiger partial charge in [-0.15, -0.1) is 0 Å². The van der Waals surface area contributed by atoms with Crippen LogP contribution in [-0.4, -0.2) is 35.2 Å². The molecule has 4 rings (SSSR count).